The van der Waals surface area contributed by atoms with Gasteiger partial charge >= 0.3 is 0 Å². The number of nitrogens with one attached hydrogen (secondary N) is 1. The third kappa shape index (κ3) is 4.37. The second-order valence-electron chi connectivity index (χ2n) is 4.81. The highest BCUT2D eigenvalue weighted by molar-refractivity contribution is 5.76. The van der Waals surface area contributed by atoms with Gasteiger partial charge in [-0.25, -0.2) is 0 Å². The van der Waals surface area contributed by atoms with Crippen molar-refractivity contribution in [3.05, 3.63) is 35.4 Å². The first-order chi connectivity index (χ1) is 9.79. The molecular weight excluding hydrogens is 252 g/mol. The molecule has 1 fully saturated rings. The van der Waals surface area contributed by atoms with E-state index in [1.807, 2.05) is 18.2 Å². The van der Waals surface area contributed by atoms with Crippen molar-refractivity contribution in [2.75, 3.05) is 26.2 Å². The van der Waals surface area contributed by atoms with E-state index in [1.165, 1.54) is 5.56 Å². The highest BCUT2D eigenvalue weighted by atomic mass is 16.2. The van der Waals surface area contributed by atoms with Gasteiger partial charge in [0.1, 0.15) is 0 Å². The fourth-order valence-electron chi connectivity index (χ4n) is 2.21. The Balaban J connectivity index is 2.05. The second kappa shape index (κ2) is 7.68. The van der Waals surface area contributed by atoms with Gasteiger partial charge in [0, 0.05) is 44.6 Å². The number of nitrogens with zero attached hydrogens (tertiary/aromatic N) is 1. The van der Waals surface area contributed by atoms with Crippen LogP contribution in [0.2, 0.25) is 0 Å². The number of hydrogen-bond donors (Lipinski definition) is 2. The van der Waals surface area contributed by atoms with Crippen LogP contribution in [-0.2, 0) is 11.3 Å². The number of benzene rings is 1. The summed E-state index contributed by atoms with van der Waals surface area (Å²) in [4.78, 5) is 13.6. The lowest BCUT2D eigenvalue weighted by Crippen LogP contribution is -2.28. The monoisotopic (exact) mass is 272 g/mol. The van der Waals surface area contributed by atoms with Gasteiger partial charge in [-0.05, 0) is 11.6 Å². The van der Waals surface area contributed by atoms with E-state index in [9.17, 15) is 4.79 Å². The molecule has 1 aliphatic heterocycles. The number of rotatable bonds is 3. The summed E-state index contributed by atoms with van der Waals surface area (Å²) in [7, 11) is 0. The summed E-state index contributed by atoms with van der Waals surface area (Å²) >= 11 is 0. The molecule has 1 amide bonds. The molecule has 0 unspecified atom stereocenters. The molecule has 4 nitrogen and oxygen atoms in total. The van der Waals surface area contributed by atoms with Crippen LogP contribution in [0.4, 0.5) is 0 Å². The zero-order valence-corrected chi connectivity index (χ0v) is 11.6. The van der Waals surface area contributed by atoms with Gasteiger partial charge in [-0.15, -0.1) is 0 Å². The molecule has 0 spiro atoms. The summed E-state index contributed by atoms with van der Waals surface area (Å²) in [5.74, 6) is 6.20. The van der Waals surface area contributed by atoms with E-state index in [4.69, 9.17) is 5.11 Å². The summed E-state index contributed by atoms with van der Waals surface area (Å²) in [5, 5.41) is 11.7. The molecule has 0 aliphatic carbocycles. The maximum atomic E-state index is 11.3. The Kier molecular flexibility index (Phi) is 5.60. The Bertz CT molecular complexity index is 517. The lowest BCUT2D eigenvalue weighted by atomic mass is 10.1. The predicted molar refractivity (Wildman–Crippen MR) is 77.9 cm³/mol. The number of amides is 1. The van der Waals surface area contributed by atoms with E-state index >= 15 is 0 Å². The molecule has 4 heteroatoms. The lowest BCUT2D eigenvalue weighted by molar-refractivity contribution is -0.120. The van der Waals surface area contributed by atoms with Crippen LogP contribution < -0.4 is 5.32 Å². The van der Waals surface area contributed by atoms with E-state index in [1.54, 1.807) is 0 Å². The van der Waals surface area contributed by atoms with Gasteiger partial charge in [0.15, 0.2) is 0 Å². The van der Waals surface area contributed by atoms with Crippen LogP contribution in [0.15, 0.2) is 24.3 Å². The molecule has 0 saturated carbocycles. The Morgan fingerprint density at radius 1 is 1.30 bits per heavy atom. The van der Waals surface area contributed by atoms with Crippen molar-refractivity contribution in [2.45, 2.75) is 19.4 Å². The number of aliphatic hydroxyl groups excluding tert-OH is 1. The van der Waals surface area contributed by atoms with Crippen LogP contribution in [0.1, 0.15) is 24.0 Å². The average molecular weight is 272 g/mol. The van der Waals surface area contributed by atoms with Crippen molar-refractivity contribution < 1.29 is 9.90 Å². The molecule has 0 aromatic heterocycles. The zero-order chi connectivity index (χ0) is 14.2. The number of carbonyl (C=O) groups is 1. The molecule has 1 saturated heterocycles. The highest BCUT2D eigenvalue weighted by Crippen LogP contribution is 2.11. The summed E-state index contributed by atoms with van der Waals surface area (Å²) in [6, 6.07) is 8.05. The van der Waals surface area contributed by atoms with E-state index < -0.39 is 0 Å². The largest absolute Gasteiger partial charge is 0.395 e. The smallest absolute Gasteiger partial charge is 0.221 e. The minimum atomic E-state index is 0.0923. The number of hydrogen-bond acceptors (Lipinski definition) is 3. The molecular formula is C16H20N2O2. The van der Waals surface area contributed by atoms with Crippen LogP contribution in [0.3, 0.4) is 0 Å². The van der Waals surface area contributed by atoms with Gasteiger partial charge in [0.2, 0.25) is 5.91 Å². The molecule has 2 rings (SSSR count). The predicted octanol–water partition coefficient (Wildman–Crippen LogP) is 0.742. The number of carbonyl (C=O) groups excluding carboxylic acids is 1. The zero-order valence-electron chi connectivity index (χ0n) is 11.6. The summed E-state index contributed by atoms with van der Waals surface area (Å²) in [6.07, 6.45) is 1.05. The Labute approximate surface area is 119 Å². The molecule has 20 heavy (non-hydrogen) atoms. The topological polar surface area (TPSA) is 52.6 Å². The molecule has 106 valence electrons. The molecule has 0 bridgehead atoms. The highest BCUT2D eigenvalue weighted by Gasteiger charge is 2.14. The van der Waals surface area contributed by atoms with Crippen molar-refractivity contribution >= 4 is 5.91 Å². The van der Waals surface area contributed by atoms with E-state index in [-0.39, 0.29) is 12.5 Å². The third-order valence-corrected chi connectivity index (χ3v) is 3.28. The summed E-state index contributed by atoms with van der Waals surface area (Å²) in [5.41, 5.74) is 2.18. The van der Waals surface area contributed by atoms with Gasteiger partial charge < -0.3 is 10.4 Å². The van der Waals surface area contributed by atoms with Crippen molar-refractivity contribution in [1.82, 2.24) is 10.2 Å². The molecule has 1 aromatic rings. The van der Waals surface area contributed by atoms with Crippen molar-refractivity contribution in [2.24, 2.45) is 0 Å². The van der Waals surface area contributed by atoms with Crippen LogP contribution >= 0.6 is 0 Å². The van der Waals surface area contributed by atoms with Crippen LogP contribution in [0.5, 0.6) is 0 Å². The first kappa shape index (κ1) is 14.6. The minimum Gasteiger partial charge on any atom is -0.395 e. The van der Waals surface area contributed by atoms with Crippen molar-refractivity contribution in [3.63, 3.8) is 0 Å². The normalized spacial score (nSPS) is 15.9. The quantitative estimate of drug-likeness (QED) is 0.798. The molecule has 0 atom stereocenters. The van der Waals surface area contributed by atoms with Crippen LogP contribution in [-0.4, -0.2) is 42.2 Å². The molecule has 1 heterocycles. The van der Waals surface area contributed by atoms with E-state index in [0.717, 1.165) is 25.2 Å². The van der Waals surface area contributed by atoms with Gasteiger partial charge in [-0.2, -0.15) is 0 Å². The van der Waals surface area contributed by atoms with Crippen LogP contribution in [0, 0.1) is 11.8 Å². The summed E-state index contributed by atoms with van der Waals surface area (Å²) < 4.78 is 0. The fourth-order valence-corrected chi connectivity index (χ4v) is 2.21. The first-order valence-corrected chi connectivity index (χ1v) is 6.96. The van der Waals surface area contributed by atoms with Crippen molar-refractivity contribution in [1.29, 1.82) is 0 Å². The molecule has 0 radical (unpaired) electrons. The maximum Gasteiger partial charge on any atom is 0.221 e. The maximum absolute atomic E-state index is 11.3. The fraction of sp³-hybridized carbons (Fsp3) is 0.438. The summed E-state index contributed by atoms with van der Waals surface area (Å²) in [6.45, 7) is 3.25. The third-order valence-electron chi connectivity index (χ3n) is 3.28. The van der Waals surface area contributed by atoms with E-state index in [2.05, 4.69) is 28.1 Å². The Morgan fingerprint density at radius 2 is 2.15 bits per heavy atom. The van der Waals surface area contributed by atoms with Gasteiger partial charge in [-0.1, -0.05) is 30.0 Å². The SMILES string of the molecule is O=C1CCN(Cc2ccccc2C#CCCO)CCN1. The van der Waals surface area contributed by atoms with Gasteiger partial charge in [0.25, 0.3) is 0 Å². The standard InChI is InChI=1S/C16H20N2O2/c19-12-4-3-6-14-5-1-2-7-15(14)13-18-10-8-16(20)17-9-11-18/h1-2,5,7,19H,4,8-13H2,(H,17,20). The minimum absolute atomic E-state index is 0.0923. The Hall–Kier alpha value is -1.83. The average Bonchev–Trinajstić information content (AvgIpc) is 2.66. The Morgan fingerprint density at radius 3 is 3.00 bits per heavy atom. The van der Waals surface area contributed by atoms with Gasteiger partial charge in [0.05, 0.1) is 6.61 Å². The lowest BCUT2D eigenvalue weighted by Gasteiger charge is -2.19. The number of aliphatic hydroxyl groups is 1. The molecule has 1 aliphatic rings. The molecule has 1 aromatic carbocycles. The second-order valence-corrected chi connectivity index (χ2v) is 4.81. The van der Waals surface area contributed by atoms with Crippen molar-refractivity contribution in [3.8, 4) is 11.8 Å². The van der Waals surface area contributed by atoms with Crippen LogP contribution in [0.25, 0.3) is 0 Å². The van der Waals surface area contributed by atoms with Gasteiger partial charge in [-0.3, -0.25) is 9.69 Å². The molecule has 2 N–H and O–H groups in total. The first-order valence-electron chi connectivity index (χ1n) is 6.96. The van der Waals surface area contributed by atoms with E-state index in [0.29, 0.717) is 19.4 Å².